The summed E-state index contributed by atoms with van der Waals surface area (Å²) in [6.07, 6.45) is 4.46. The van der Waals surface area contributed by atoms with Crippen LogP contribution in [0.2, 0.25) is 0 Å². The maximum atomic E-state index is 11.4. The largest absolute Gasteiger partial charge is 0.481 e. The number of hydrogen-bond donors (Lipinski definition) is 1. The van der Waals surface area contributed by atoms with E-state index in [1.807, 2.05) is 13.8 Å². The zero-order chi connectivity index (χ0) is 17.0. The van der Waals surface area contributed by atoms with Crippen LogP contribution in [0.25, 0.3) is 0 Å². The highest BCUT2D eigenvalue weighted by Crippen LogP contribution is 2.29. The molecule has 0 saturated heterocycles. The van der Waals surface area contributed by atoms with Crippen LogP contribution in [-0.4, -0.2) is 11.1 Å². The summed E-state index contributed by atoms with van der Waals surface area (Å²) in [6.45, 7) is 12.8. The normalized spacial score (nSPS) is 14.6. The summed E-state index contributed by atoms with van der Waals surface area (Å²) < 4.78 is 0. The second-order valence-corrected chi connectivity index (χ2v) is 8.04. The molecular formula is C20H32O2. The molecule has 1 unspecified atom stereocenters. The van der Waals surface area contributed by atoms with Gasteiger partial charge < -0.3 is 5.11 Å². The molecule has 1 atom stereocenters. The summed E-state index contributed by atoms with van der Waals surface area (Å²) in [4.78, 5) is 11.4. The van der Waals surface area contributed by atoms with Crippen molar-refractivity contribution in [3.05, 3.63) is 34.9 Å². The minimum absolute atomic E-state index is 0.340. The van der Waals surface area contributed by atoms with E-state index in [1.165, 1.54) is 23.1 Å². The highest BCUT2D eigenvalue weighted by atomic mass is 16.4. The first kappa shape index (κ1) is 18.7. The van der Waals surface area contributed by atoms with Crippen LogP contribution in [0.15, 0.2) is 18.2 Å². The zero-order valence-electron chi connectivity index (χ0n) is 15.1. The van der Waals surface area contributed by atoms with Crippen molar-refractivity contribution in [2.45, 2.75) is 73.6 Å². The van der Waals surface area contributed by atoms with Crippen LogP contribution in [0.3, 0.4) is 0 Å². The predicted molar refractivity (Wildman–Crippen MR) is 93.3 cm³/mol. The van der Waals surface area contributed by atoms with E-state index >= 15 is 0 Å². The van der Waals surface area contributed by atoms with Crippen LogP contribution >= 0.6 is 0 Å². The maximum Gasteiger partial charge on any atom is 0.309 e. The number of rotatable bonds is 7. The molecule has 0 aliphatic heterocycles. The topological polar surface area (TPSA) is 37.3 Å². The van der Waals surface area contributed by atoms with E-state index in [1.54, 1.807) is 0 Å². The van der Waals surface area contributed by atoms with E-state index in [0.717, 1.165) is 12.8 Å². The summed E-state index contributed by atoms with van der Waals surface area (Å²) in [5.41, 5.74) is 3.73. The van der Waals surface area contributed by atoms with Gasteiger partial charge in [0.05, 0.1) is 5.41 Å². The average Bonchev–Trinajstić information content (AvgIpc) is 2.43. The van der Waals surface area contributed by atoms with Crippen molar-refractivity contribution in [1.29, 1.82) is 0 Å². The van der Waals surface area contributed by atoms with Crippen LogP contribution < -0.4 is 0 Å². The van der Waals surface area contributed by atoms with Crippen molar-refractivity contribution in [2.24, 2.45) is 10.8 Å². The number of carboxylic acid groups (broad SMARTS) is 1. The van der Waals surface area contributed by atoms with Gasteiger partial charge in [0.1, 0.15) is 0 Å². The van der Waals surface area contributed by atoms with E-state index in [0.29, 0.717) is 18.3 Å². The third kappa shape index (κ3) is 5.47. The Kier molecular flexibility index (Phi) is 6.22. The summed E-state index contributed by atoms with van der Waals surface area (Å²) in [5, 5.41) is 9.38. The third-order valence-corrected chi connectivity index (χ3v) is 4.82. The average molecular weight is 304 g/mol. The molecule has 0 heterocycles. The molecule has 1 aromatic carbocycles. The van der Waals surface area contributed by atoms with E-state index < -0.39 is 11.4 Å². The fraction of sp³-hybridized carbons (Fsp3) is 0.650. The van der Waals surface area contributed by atoms with E-state index in [4.69, 9.17) is 0 Å². The first-order valence-corrected chi connectivity index (χ1v) is 8.39. The number of hydrogen-bond acceptors (Lipinski definition) is 1. The zero-order valence-corrected chi connectivity index (χ0v) is 15.1. The van der Waals surface area contributed by atoms with Gasteiger partial charge in [-0.3, -0.25) is 4.79 Å². The minimum atomic E-state index is -0.685. The fourth-order valence-corrected chi connectivity index (χ4v) is 2.51. The van der Waals surface area contributed by atoms with Gasteiger partial charge >= 0.3 is 5.97 Å². The van der Waals surface area contributed by atoms with Gasteiger partial charge in [-0.15, -0.1) is 0 Å². The van der Waals surface area contributed by atoms with Gasteiger partial charge in [-0.1, -0.05) is 45.9 Å². The van der Waals surface area contributed by atoms with Crippen molar-refractivity contribution in [2.75, 3.05) is 0 Å². The van der Waals surface area contributed by atoms with Crippen LogP contribution in [-0.2, 0) is 17.6 Å². The number of aryl methyl sites for hydroxylation is 3. The molecule has 1 N–H and O–H groups in total. The molecular weight excluding hydrogens is 272 g/mol. The summed E-state index contributed by atoms with van der Waals surface area (Å²) in [7, 11) is 0. The third-order valence-electron chi connectivity index (χ3n) is 4.82. The first-order valence-electron chi connectivity index (χ1n) is 8.39. The van der Waals surface area contributed by atoms with Crippen molar-refractivity contribution >= 4 is 5.97 Å². The van der Waals surface area contributed by atoms with Crippen molar-refractivity contribution in [3.63, 3.8) is 0 Å². The van der Waals surface area contributed by atoms with Gasteiger partial charge in [-0.05, 0) is 68.1 Å². The van der Waals surface area contributed by atoms with Gasteiger partial charge in [0.2, 0.25) is 0 Å². The van der Waals surface area contributed by atoms with Gasteiger partial charge in [0.25, 0.3) is 0 Å². The Morgan fingerprint density at radius 3 is 2.23 bits per heavy atom. The molecule has 0 aliphatic carbocycles. The van der Waals surface area contributed by atoms with Crippen molar-refractivity contribution in [1.82, 2.24) is 0 Å². The molecule has 1 aromatic rings. The van der Waals surface area contributed by atoms with Crippen molar-refractivity contribution < 1.29 is 9.90 Å². The molecule has 0 radical (unpaired) electrons. The molecule has 0 spiro atoms. The molecule has 0 aliphatic rings. The smallest absolute Gasteiger partial charge is 0.309 e. The minimum Gasteiger partial charge on any atom is -0.481 e. The molecule has 124 valence electrons. The molecule has 22 heavy (non-hydrogen) atoms. The molecule has 1 rings (SSSR count). The molecule has 2 heteroatoms. The van der Waals surface area contributed by atoms with Gasteiger partial charge in [-0.2, -0.15) is 0 Å². The van der Waals surface area contributed by atoms with E-state index in [-0.39, 0.29) is 0 Å². The molecule has 0 saturated carbocycles. The van der Waals surface area contributed by atoms with Crippen LogP contribution in [0.5, 0.6) is 0 Å². The molecule has 2 nitrogen and oxygen atoms in total. The highest BCUT2D eigenvalue weighted by molar-refractivity contribution is 5.74. The lowest BCUT2D eigenvalue weighted by Gasteiger charge is -2.23. The van der Waals surface area contributed by atoms with Crippen molar-refractivity contribution in [3.8, 4) is 0 Å². The van der Waals surface area contributed by atoms with E-state index in [9.17, 15) is 9.90 Å². The predicted octanol–water partition coefficient (Wildman–Crippen LogP) is 5.41. The Hall–Kier alpha value is -1.31. The maximum absolute atomic E-state index is 11.4. The lowest BCUT2D eigenvalue weighted by molar-refractivity contribution is -0.148. The Balaban J connectivity index is 2.79. The molecule has 0 amide bonds. The summed E-state index contributed by atoms with van der Waals surface area (Å²) in [5.74, 6) is -0.685. The SMILES string of the molecule is CCC(C)(CCc1ccc(C)c(CCC(C)(C)C)c1)C(=O)O. The summed E-state index contributed by atoms with van der Waals surface area (Å²) in [6, 6.07) is 6.60. The molecule has 0 fully saturated rings. The summed E-state index contributed by atoms with van der Waals surface area (Å²) >= 11 is 0. The monoisotopic (exact) mass is 304 g/mol. The molecule has 0 bridgehead atoms. The highest BCUT2D eigenvalue weighted by Gasteiger charge is 2.30. The lowest BCUT2D eigenvalue weighted by atomic mass is 9.81. The lowest BCUT2D eigenvalue weighted by Crippen LogP contribution is -2.27. The van der Waals surface area contributed by atoms with Crippen LogP contribution in [0, 0.1) is 17.8 Å². The fourth-order valence-electron chi connectivity index (χ4n) is 2.51. The number of benzene rings is 1. The number of aliphatic carboxylic acids is 1. The Bertz CT molecular complexity index is 511. The Labute approximate surface area is 135 Å². The Morgan fingerprint density at radius 1 is 1.09 bits per heavy atom. The van der Waals surface area contributed by atoms with Crippen LogP contribution in [0.4, 0.5) is 0 Å². The van der Waals surface area contributed by atoms with Gasteiger partial charge in [0, 0.05) is 0 Å². The second-order valence-electron chi connectivity index (χ2n) is 8.04. The second kappa shape index (κ2) is 7.30. The van der Waals surface area contributed by atoms with Gasteiger partial charge in [0.15, 0.2) is 0 Å². The first-order chi connectivity index (χ1) is 10.1. The van der Waals surface area contributed by atoms with E-state index in [2.05, 4.69) is 45.9 Å². The standard InChI is InChI=1S/C20H32O2/c1-7-20(6,18(21)22)13-10-16-9-8-15(2)17(14-16)11-12-19(3,4)5/h8-9,14H,7,10-13H2,1-6H3,(H,21,22). The van der Waals surface area contributed by atoms with Crippen LogP contribution in [0.1, 0.15) is 70.6 Å². The Morgan fingerprint density at radius 2 is 1.73 bits per heavy atom. The van der Waals surface area contributed by atoms with Gasteiger partial charge in [-0.25, -0.2) is 0 Å². The molecule has 0 aromatic heterocycles. The quantitative estimate of drug-likeness (QED) is 0.731. The number of carbonyl (C=O) groups is 1. The number of carboxylic acids is 1.